The Morgan fingerprint density at radius 2 is 0.663 bits per heavy atom. The molecule has 3 nitrogen and oxygen atoms in total. The summed E-state index contributed by atoms with van der Waals surface area (Å²) in [6, 6.07) is 64.7. The Kier molecular flexibility index (Phi) is 13.3. The molecule has 0 aliphatic carbocycles. The number of fused-ring (bicyclic) bond motifs is 6. The van der Waals surface area contributed by atoms with Crippen LogP contribution in [0.15, 0.2) is 200 Å². The van der Waals surface area contributed by atoms with Gasteiger partial charge in [-0.25, -0.2) is 0 Å². The zero-order valence-electron chi connectivity index (χ0n) is 48.7. The van der Waals surface area contributed by atoms with Crippen LogP contribution < -0.4 is 0 Å². The number of halogens is 6. The molecule has 0 unspecified atom stereocenters. The zero-order chi connectivity index (χ0) is 60.2. The molecule has 11 aromatic carbocycles. The first-order valence-corrected chi connectivity index (χ1v) is 28.5. The molecular formula is C77H57F6N3. The highest BCUT2D eigenvalue weighted by molar-refractivity contribution is 6.14. The van der Waals surface area contributed by atoms with Gasteiger partial charge in [0.05, 0.1) is 50.5 Å². The van der Waals surface area contributed by atoms with E-state index in [0.29, 0.717) is 23.5 Å². The summed E-state index contributed by atoms with van der Waals surface area (Å²) in [5, 5.41) is 14.3. The number of rotatable bonds is 8. The van der Waals surface area contributed by atoms with E-state index < -0.39 is 29.0 Å². The fourth-order valence-corrected chi connectivity index (χ4v) is 13.3. The highest BCUT2D eigenvalue weighted by Crippen LogP contribution is 2.50. The standard InChI is InChI=1S/C77H57F6N3/c1-43-24-44(2)29-56(28-43)52-13-20-70-64(37-52)65-38-53(57-30-45(3)25-46(4)31-57)14-21-71(65)85(70)60-17-18-61(75-68(76(78,79)80)10-9-11-69(75)77(81,82)83)62(41-60)63-36-51(42-84)12-19-72(63)86-73-22-15-54(58-32-47(5)26-48(6)33-58)39-66(73)67-40-55(16-23-74(67)86)59-34-49(7)27-50(8)35-59/h9-41H,1-8H3. The maximum atomic E-state index is 15.6. The topological polar surface area (TPSA) is 33.6 Å². The fourth-order valence-electron chi connectivity index (χ4n) is 13.3. The third kappa shape index (κ3) is 9.89. The molecule has 86 heavy (non-hydrogen) atoms. The van der Waals surface area contributed by atoms with Gasteiger partial charge in [-0.1, -0.05) is 154 Å². The number of aromatic nitrogens is 2. The van der Waals surface area contributed by atoms with Crippen LogP contribution in [0.5, 0.6) is 0 Å². The molecule has 0 radical (unpaired) electrons. The molecule has 0 aliphatic heterocycles. The van der Waals surface area contributed by atoms with Gasteiger partial charge in [0.25, 0.3) is 0 Å². The van der Waals surface area contributed by atoms with Gasteiger partial charge in [0.2, 0.25) is 0 Å². The van der Waals surface area contributed by atoms with Crippen molar-refractivity contribution in [3.05, 3.63) is 261 Å². The molecule has 13 rings (SSSR count). The van der Waals surface area contributed by atoms with Gasteiger partial charge < -0.3 is 9.13 Å². The van der Waals surface area contributed by atoms with Gasteiger partial charge in [-0.05, 0) is 202 Å². The van der Waals surface area contributed by atoms with Gasteiger partial charge in [0.15, 0.2) is 0 Å². The van der Waals surface area contributed by atoms with Crippen molar-refractivity contribution in [2.45, 2.75) is 67.7 Å². The molecule has 9 heteroatoms. The average molecular weight is 1140 g/mol. The van der Waals surface area contributed by atoms with Crippen molar-refractivity contribution in [2.75, 3.05) is 0 Å². The Morgan fingerprint density at radius 3 is 1.00 bits per heavy atom. The molecule has 13 aromatic rings. The Bertz CT molecular complexity index is 4690. The molecule has 2 heterocycles. The minimum absolute atomic E-state index is 0.0548. The minimum Gasteiger partial charge on any atom is -0.309 e. The van der Waals surface area contributed by atoms with Crippen molar-refractivity contribution in [1.82, 2.24) is 9.13 Å². The van der Waals surface area contributed by atoms with E-state index in [1.165, 1.54) is 6.07 Å². The lowest BCUT2D eigenvalue weighted by atomic mass is 9.86. The summed E-state index contributed by atoms with van der Waals surface area (Å²) in [7, 11) is 0. The lowest BCUT2D eigenvalue weighted by molar-refractivity contribution is -0.142. The van der Waals surface area contributed by atoms with E-state index in [1.807, 2.05) is 45.5 Å². The molecular weight excluding hydrogens is 1080 g/mol. The first-order valence-electron chi connectivity index (χ1n) is 28.5. The van der Waals surface area contributed by atoms with Crippen molar-refractivity contribution in [3.63, 3.8) is 0 Å². The number of nitriles is 1. The van der Waals surface area contributed by atoms with E-state index in [4.69, 9.17) is 0 Å². The molecule has 0 spiro atoms. The first-order chi connectivity index (χ1) is 41.1. The van der Waals surface area contributed by atoms with Crippen molar-refractivity contribution in [3.8, 4) is 84.2 Å². The van der Waals surface area contributed by atoms with Gasteiger partial charge >= 0.3 is 12.4 Å². The van der Waals surface area contributed by atoms with E-state index >= 15 is 26.3 Å². The van der Waals surface area contributed by atoms with E-state index in [0.717, 1.165) is 139 Å². The average Bonchev–Trinajstić information content (AvgIpc) is 1.54. The van der Waals surface area contributed by atoms with Crippen LogP contribution >= 0.6 is 0 Å². The van der Waals surface area contributed by atoms with Crippen molar-refractivity contribution in [2.24, 2.45) is 0 Å². The lowest BCUT2D eigenvalue weighted by Gasteiger charge is -2.23. The largest absolute Gasteiger partial charge is 0.417 e. The van der Waals surface area contributed by atoms with Gasteiger partial charge in [-0.15, -0.1) is 0 Å². The Balaban J connectivity index is 1.14. The number of nitrogens with zero attached hydrogens (tertiary/aromatic N) is 3. The Morgan fingerprint density at radius 1 is 0.314 bits per heavy atom. The second-order valence-electron chi connectivity index (χ2n) is 23.4. The summed E-state index contributed by atoms with van der Waals surface area (Å²) in [6.45, 7) is 16.5. The van der Waals surface area contributed by atoms with Crippen molar-refractivity contribution in [1.29, 1.82) is 5.26 Å². The molecule has 0 fully saturated rings. The van der Waals surface area contributed by atoms with Crippen LogP contribution in [0, 0.1) is 66.7 Å². The van der Waals surface area contributed by atoms with E-state index in [2.05, 4.69) is 171 Å². The van der Waals surface area contributed by atoms with Crippen LogP contribution in [0.2, 0.25) is 0 Å². The summed E-state index contributed by atoms with van der Waals surface area (Å²) in [4.78, 5) is 0. The van der Waals surface area contributed by atoms with E-state index in [9.17, 15) is 5.26 Å². The Hall–Kier alpha value is -9.91. The third-order valence-electron chi connectivity index (χ3n) is 16.6. The molecule has 2 aromatic heterocycles. The second-order valence-corrected chi connectivity index (χ2v) is 23.4. The van der Waals surface area contributed by atoms with Gasteiger partial charge in [-0.3, -0.25) is 0 Å². The quantitative estimate of drug-likeness (QED) is 0.140. The molecule has 0 saturated carbocycles. The molecule has 0 aliphatic rings. The summed E-state index contributed by atoms with van der Waals surface area (Å²) in [6.07, 6.45) is -10.4. The second kappa shape index (κ2) is 20.7. The Labute approximate surface area is 495 Å². The maximum absolute atomic E-state index is 15.6. The van der Waals surface area contributed by atoms with Crippen molar-refractivity contribution >= 4 is 43.6 Å². The summed E-state index contributed by atoms with van der Waals surface area (Å²) >= 11 is 0. The summed E-state index contributed by atoms with van der Waals surface area (Å²) in [5.41, 5.74) is 17.0. The number of aryl methyl sites for hydroxylation is 8. The van der Waals surface area contributed by atoms with Crippen LogP contribution in [-0.4, -0.2) is 9.13 Å². The van der Waals surface area contributed by atoms with Gasteiger partial charge in [-0.2, -0.15) is 31.6 Å². The molecule has 0 amide bonds. The number of alkyl halides is 6. The van der Waals surface area contributed by atoms with Crippen LogP contribution in [0.1, 0.15) is 61.2 Å². The SMILES string of the molecule is Cc1cc(C)cc(-c2ccc3c(c2)c2cc(-c4cc(C)cc(C)c4)ccc2n3-c2ccc(-c3c(C(F)(F)F)cccc3C(F)(F)F)c(-c3cc(C#N)ccc3-n3c4ccc(-c5cc(C)cc(C)c5)cc4c4cc(-c5cc(C)cc(C)c5)ccc43)c2)c1. The van der Waals surface area contributed by atoms with Crippen LogP contribution in [0.3, 0.4) is 0 Å². The highest BCUT2D eigenvalue weighted by atomic mass is 19.4. The van der Waals surface area contributed by atoms with Crippen LogP contribution in [0.25, 0.3) is 122 Å². The highest BCUT2D eigenvalue weighted by Gasteiger charge is 2.42. The van der Waals surface area contributed by atoms with E-state index in [-0.39, 0.29) is 22.3 Å². The first kappa shape index (κ1) is 55.3. The van der Waals surface area contributed by atoms with Crippen molar-refractivity contribution < 1.29 is 26.3 Å². The fraction of sp³-hybridized carbons (Fsp3) is 0.130. The molecule has 0 bridgehead atoms. The predicted octanol–water partition coefficient (Wildman–Crippen LogP) is 22.3. The lowest BCUT2D eigenvalue weighted by Crippen LogP contribution is -2.14. The monoisotopic (exact) mass is 1140 g/mol. The summed E-state index contributed by atoms with van der Waals surface area (Å²) in [5.74, 6) is 0. The van der Waals surface area contributed by atoms with Crippen LogP contribution in [-0.2, 0) is 12.4 Å². The number of benzene rings is 11. The predicted molar refractivity (Wildman–Crippen MR) is 340 cm³/mol. The molecule has 422 valence electrons. The van der Waals surface area contributed by atoms with E-state index in [1.54, 1.807) is 30.3 Å². The number of hydrogen-bond acceptors (Lipinski definition) is 1. The minimum atomic E-state index is -5.20. The molecule has 0 N–H and O–H groups in total. The van der Waals surface area contributed by atoms with Gasteiger partial charge in [0.1, 0.15) is 0 Å². The van der Waals surface area contributed by atoms with Crippen LogP contribution in [0.4, 0.5) is 26.3 Å². The number of hydrogen-bond donors (Lipinski definition) is 0. The van der Waals surface area contributed by atoms with Gasteiger partial charge in [0, 0.05) is 38.4 Å². The third-order valence-corrected chi connectivity index (χ3v) is 16.6. The normalized spacial score (nSPS) is 12.1. The summed E-state index contributed by atoms with van der Waals surface area (Å²) < 4.78 is 97.9. The smallest absolute Gasteiger partial charge is 0.309 e. The maximum Gasteiger partial charge on any atom is 0.417 e. The molecule has 0 atom stereocenters. The zero-order valence-corrected chi connectivity index (χ0v) is 48.7. The molecule has 0 saturated heterocycles.